The van der Waals surface area contributed by atoms with E-state index < -0.39 is 39.1 Å². The van der Waals surface area contributed by atoms with E-state index in [2.05, 4.69) is 15.3 Å². The molecule has 0 bridgehead atoms. The van der Waals surface area contributed by atoms with Crippen molar-refractivity contribution >= 4 is 55.6 Å². The number of rotatable bonds is 4. The molecule has 0 atom stereocenters. The van der Waals surface area contributed by atoms with Crippen LogP contribution in [0.25, 0.3) is 16.7 Å². The fourth-order valence-electron chi connectivity index (χ4n) is 2.69. The third-order valence-corrected chi connectivity index (χ3v) is 7.12. The summed E-state index contributed by atoms with van der Waals surface area (Å²) in [6, 6.07) is 5.66. The van der Waals surface area contributed by atoms with Crippen LogP contribution in [0.15, 0.2) is 57.9 Å². The van der Waals surface area contributed by atoms with E-state index in [1.165, 1.54) is 18.2 Å². The van der Waals surface area contributed by atoms with Crippen LogP contribution in [0.1, 0.15) is 0 Å². The molecule has 0 aliphatic rings. The van der Waals surface area contributed by atoms with E-state index >= 15 is 0 Å². The lowest BCUT2D eigenvalue weighted by molar-refractivity contribution is 0.256. The number of fused-ring (bicyclic) bond motifs is 1. The molecule has 0 aliphatic carbocycles. The molecule has 3 aromatic heterocycles. The number of nitrogens with zero attached hydrogens (tertiary/aromatic N) is 3. The van der Waals surface area contributed by atoms with Crippen molar-refractivity contribution in [3.63, 3.8) is 0 Å². The molecule has 0 unspecified atom stereocenters. The zero-order chi connectivity index (χ0) is 23.0. The van der Waals surface area contributed by atoms with E-state index in [-0.39, 0.29) is 25.1 Å². The quantitative estimate of drug-likeness (QED) is 0.446. The average molecular weight is 498 g/mol. The molecule has 2 amide bonds. The molecule has 0 radical (unpaired) electrons. The predicted molar refractivity (Wildman–Crippen MR) is 114 cm³/mol. The second-order valence-corrected chi connectivity index (χ2v) is 9.85. The monoisotopic (exact) mass is 497 g/mol. The van der Waals surface area contributed by atoms with Gasteiger partial charge >= 0.3 is 6.03 Å². The van der Waals surface area contributed by atoms with E-state index in [1.54, 1.807) is 4.72 Å². The fourth-order valence-corrected chi connectivity index (χ4v) is 5.08. The number of hydrogen-bond donors (Lipinski definition) is 2. The smallest absolute Gasteiger partial charge is 0.306 e. The van der Waals surface area contributed by atoms with Crippen LogP contribution >= 0.6 is 22.9 Å². The molecule has 164 valence electrons. The van der Waals surface area contributed by atoms with Gasteiger partial charge in [0.2, 0.25) is 0 Å². The highest BCUT2D eigenvalue weighted by Gasteiger charge is 2.20. The minimum Gasteiger partial charge on any atom is -0.306 e. The topological polar surface area (TPSA) is 123 Å². The number of amides is 2. The molecule has 0 saturated carbocycles. The molecule has 14 heteroatoms. The lowest BCUT2D eigenvalue weighted by Gasteiger charge is -2.10. The van der Waals surface area contributed by atoms with E-state index in [0.29, 0.717) is 0 Å². The third kappa shape index (κ3) is 4.30. The van der Waals surface area contributed by atoms with Crippen LogP contribution in [0.5, 0.6) is 0 Å². The molecule has 1 aromatic carbocycles. The number of hydrogen-bond acceptors (Lipinski definition) is 7. The number of pyridine rings is 1. The van der Waals surface area contributed by atoms with Crippen LogP contribution in [-0.4, -0.2) is 29.0 Å². The van der Waals surface area contributed by atoms with Crippen molar-refractivity contribution in [2.45, 2.75) is 4.21 Å². The molecule has 2 N–H and O–H groups in total. The number of nitrogens with one attached hydrogen (secondary N) is 2. The number of carbonyl (C=O) groups excluding carboxylic acids is 1. The Morgan fingerprint density at radius 1 is 1.12 bits per heavy atom. The van der Waals surface area contributed by atoms with Gasteiger partial charge in [-0.15, -0.1) is 11.3 Å². The minimum absolute atomic E-state index is 0.0748. The molecule has 0 aliphatic heterocycles. The number of aromatic nitrogens is 3. The second-order valence-electron chi connectivity index (χ2n) is 6.23. The molecule has 4 rings (SSSR count). The number of benzene rings is 1. The zero-order valence-corrected chi connectivity index (χ0v) is 17.9. The third-order valence-electron chi connectivity index (χ3n) is 4.07. The van der Waals surface area contributed by atoms with Gasteiger partial charge in [-0.2, -0.15) is 0 Å². The van der Waals surface area contributed by atoms with Crippen molar-refractivity contribution < 1.29 is 22.0 Å². The summed E-state index contributed by atoms with van der Waals surface area (Å²) in [4.78, 5) is 32.4. The van der Waals surface area contributed by atoms with Crippen molar-refractivity contribution in [1.29, 1.82) is 0 Å². The van der Waals surface area contributed by atoms with Gasteiger partial charge < -0.3 is 5.32 Å². The highest BCUT2D eigenvalue weighted by molar-refractivity contribution is 7.92. The van der Waals surface area contributed by atoms with E-state index in [1.807, 2.05) is 0 Å². The first kappa shape index (κ1) is 21.8. The Hall–Kier alpha value is -3.42. The number of halogens is 3. The first-order valence-corrected chi connectivity index (χ1v) is 11.2. The molecule has 0 spiro atoms. The molecule has 0 fully saturated rings. The second kappa shape index (κ2) is 8.26. The summed E-state index contributed by atoms with van der Waals surface area (Å²) < 4.78 is 54.9. The van der Waals surface area contributed by atoms with Gasteiger partial charge in [-0.25, -0.2) is 41.3 Å². The summed E-state index contributed by atoms with van der Waals surface area (Å²) in [5.74, 6) is -2.12. The van der Waals surface area contributed by atoms with Crippen molar-refractivity contribution in [1.82, 2.24) is 19.3 Å². The fraction of sp³-hybridized carbons (Fsp3) is 0. The summed E-state index contributed by atoms with van der Waals surface area (Å²) in [6.07, 6.45) is 2.04. The van der Waals surface area contributed by atoms with E-state index in [9.17, 15) is 26.8 Å². The summed E-state index contributed by atoms with van der Waals surface area (Å²) in [5.41, 5.74) is -0.715. The van der Waals surface area contributed by atoms with Crippen LogP contribution in [0.4, 0.5) is 19.3 Å². The average Bonchev–Trinajstić information content (AvgIpc) is 3.16. The Morgan fingerprint density at radius 2 is 1.91 bits per heavy atom. The van der Waals surface area contributed by atoms with Crippen molar-refractivity contribution in [2.24, 2.45) is 0 Å². The summed E-state index contributed by atoms with van der Waals surface area (Å²) >= 11 is 6.44. The van der Waals surface area contributed by atoms with Gasteiger partial charge in [0.05, 0.1) is 27.1 Å². The number of anilines is 1. The van der Waals surface area contributed by atoms with Gasteiger partial charge in [-0.05, 0) is 30.3 Å². The molecule has 32 heavy (non-hydrogen) atoms. The largest absolute Gasteiger partial charge is 0.333 e. The number of sulfonamides is 1. The highest BCUT2D eigenvalue weighted by atomic mass is 35.5. The Kier molecular flexibility index (Phi) is 5.62. The SMILES string of the molecule is O=C(Nc1cnc(-n2cnc3ccc(F)cc3c2=O)c(F)c1)NS(=O)(=O)c1ccc(Cl)s1. The molecule has 0 saturated heterocycles. The van der Waals surface area contributed by atoms with Gasteiger partial charge in [-0.3, -0.25) is 4.79 Å². The molecule has 4 aromatic rings. The van der Waals surface area contributed by atoms with Gasteiger partial charge in [0, 0.05) is 6.07 Å². The van der Waals surface area contributed by atoms with Crippen molar-refractivity contribution in [3.8, 4) is 5.82 Å². The van der Waals surface area contributed by atoms with Gasteiger partial charge in [0.15, 0.2) is 11.6 Å². The predicted octanol–water partition coefficient (Wildman–Crippen LogP) is 3.28. The lowest BCUT2D eigenvalue weighted by atomic mass is 10.2. The molecular weight excluding hydrogens is 488 g/mol. The van der Waals surface area contributed by atoms with Crippen LogP contribution in [-0.2, 0) is 10.0 Å². The maximum absolute atomic E-state index is 14.6. The first-order chi connectivity index (χ1) is 15.1. The minimum atomic E-state index is -4.18. The van der Waals surface area contributed by atoms with Crippen LogP contribution in [0.3, 0.4) is 0 Å². The highest BCUT2D eigenvalue weighted by Crippen LogP contribution is 2.25. The van der Waals surface area contributed by atoms with Crippen LogP contribution in [0, 0.1) is 11.6 Å². The van der Waals surface area contributed by atoms with Gasteiger partial charge in [-0.1, -0.05) is 11.6 Å². The zero-order valence-electron chi connectivity index (χ0n) is 15.5. The van der Waals surface area contributed by atoms with Crippen molar-refractivity contribution in [2.75, 3.05) is 5.32 Å². The van der Waals surface area contributed by atoms with Gasteiger partial charge in [0.25, 0.3) is 15.6 Å². The number of thiophene rings is 1. The number of carbonyl (C=O) groups is 1. The van der Waals surface area contributed by atoms with E-state index in [0.717, 1.165) is 46.6 Å². The van der Waals surface area contributed by atoms with Crippen molar-refractivity contribution in [3.05, 3.63) is 75.2 Å². The first-order valence-electron chi connectivity index (χ1n) is 8.56. The van der Waals surface area contributed by atoms with E-state index in [4.69, 9.17) is 11.6 Å². The Morgan fingerprint density at radius 3 is 2.59 bits per heavy atom. The Labute approximate surface area is 187 Å². The Balaban J connectivity index is 1.58. The molecule has 9 nitrogen and oxygen atoms in total. The normalized spacial score (nSPS) is 11.5. The van der Waals surface area contributed by atoms with Gasteiger partial charge in [0.1, 0.15) is 16.4 Å². The summed E-state index contributed by atoms with van der Waals surface area (Å²) in [7, 11) is -4.18. The van der Waals surface area contributed by atoms with Crippen LogP contribution in [0.2, 0.25) is 4.34 Å². The number of urea groups is 1. The summed E-state index contributed by atoms with van der Waals surface area (Å²) in [5, 5.41) is 2.06. The van der Waals surface area contributed by atoms with Crippen LogP contribution < -0.4 is 15.6 Å². The molecular formula is C18H10ClF2N5O4S2. The maximum atomic E-state index is 14.6. The lowest BCUT2D eigenvalue weighted by Crippen LogP contribution is -2.34. The molecule has 3 heterocycles. The Bertz CT molecular complexity index is 1540. The standard InChI is InChI=1S/C18H10ClF2N5O4S2/c19-14-3-4-15(31-14)32(29,30)25-18(28)24-10-6-12(21)16(22-7-10)26-8-23-13-2-1-9(20)5-11(13)17(26)27/h1-8H,(H2,24,25,28). The summed E-state index contributed by atoms with van der Waals surface area (Å²) in [6.45, 7) is 0. The maximum Gasteiger partial charge on any atom is 0.333 e.